The minimum atomic E-state index is 0. The zero-order valence-corrected chi connectivity index (χ0v) is 17.7. The van der Waals surface area contributed by atoms with Crippen molar-refractivity contribution in [2.45, 2.75) is 32.4 Å². The largest absolute Gasteiger partial charge is 0.492 e. The number of hydrogen-bond donors (Lipinski definition) is 1. The van der Waals surface area contributed by atoms with Gasteiger partial charge in [0.25, 0.3) is 0 Å². The fourth-order valence-electron chi connectivity index (χ4n) is 2.97. The molecule has 142 valence electrons. The molecule has 0 spiro atoms. The second kappa shape index (κ2) is 10.3. The number of rotatable bonds is 6. The van der Waals surface area contributed by atoms with E-state index in [0.717, 1.165) is 42.9 Å². The van der Waals surface area contributed by atoms with Crippen LogP contribution in [0.15, 0.2) is 35.3 Å². The van der Waals surface area contributed by atoms with E-state index in [1.807, 2.05) is 37.4 Å². The molecule has 1 N–H and O–H groups in total. The zero-order chi connectivity index (χ0) is 17.5. The quantitative estimate of drug-likeness (QED) is 0.399. The Balaban J connectivity index is 0.00000243. The highest BCUT2D eigenvalue weighted by molar-refractivity contribution is 14.0. The molecule has 0 atom stereocenters. The summed E-state index contributed by atoms with van der Waals surface area (Å²) < 4.78 is 7.97. The van der Waals surface area contributed by atoms with Crippen LogP contribution in [0.4, 0.5) is 0 Å². The maximum Gasteiger partial charge on any atom is 0.193 e. The molecule has 26 heavy (non-hydrogen) atoms. The Morgan fingerprint density at radius 2 is 2.08 bits per heavy atom. The van der Waals surface area contributed by atoms with E-state index >= 15 is 0 Å². The van der Waals surface area contributed by atoms with Gasteiger partial charge in [0.2, 0.25) is 0 Å². The highest BCUT2D eigenvalue weighted by atomic mass is 127. The van der Waals surface area contributed by atoms with Crippen LogP contribution in [0.5, 0.6) is 5.75 Å². The van der Waals surface area contributed by atoms with Gasteiger partial charge in [0.15, 0.2) is 11.8 Å². The van der Waals surface area contributed by atoms with Crippen LogP contribution in [0, 0.1) is 0 Å². The van der Waals surface area contributed by atoms with Gasteiger partial charge in [-0.1, -0.05) is 18.2 Å². The summed E-state index contributed by atoms with van der Waals surface area (Å²) in [6.07, 6.45) is 3.43. The number of hydrogen-bond acceptors (Lipinski definition) is 4. The molecule has 2 heterocycles. The van der Waals surface area contributed by atoms with Gasteiger partial charge in [0.1, 0.15) is 18.2 Å². The summed E-state index contributed by atoms with van der Waals surface area (Å²) in [5.41, 5.74) is 0. The molecule has 1 aliphatic heterocycles. The third kappa shape index (κ3) is 5.33. The van der Waals surface area contributed by atoms with Gasteiger partial charge in [-0.3, -0.25) is 4.99 Å². The average Bonchev–Trinajstić information content (AvgIpc) is 3.06. The lowest BCUT2D eigenvalue weighted by molar-refractivity contribution is 0.281. The maximum atomic E-state index is 5.75. The van der Waals surface area contributed by atoms with Crippen LogP contribution >= 0.6 is 24.0 Å². The molecule has 7 nitrogen and oxygen atoms in total. The lowest BCUT2D eigenvalue weighted by Gasteiger charge is -2.22. The Morgan fingerprint density at radius 3 is 2.85 bits per heavy atom. The predicted octanol–water partition coefficient (Wildman–Crippen LogP) is 2.32. The van der Waals surface area contributed by atoms with Crippen LogP contribution in [0.2, 0.25) is 0 Å². The van der Waals surface area contributed by atoms with Crippen LogP contribution in [0.3, 0.4) is 0 Å². The number of likely N-dealkylation sites (N-methyl/N-ethyl adjacent to an activating group) is 1. The molecule has 1 aromatic carbocycles. The van der Waals surface area contributed by atoms with E-state index in [-0.39, 0.29) is 24.0 Å². The summed E-state index contributed by atoms with van der Waals surface area (Å²) in [5, 5.41) is 12.0. The molecular formula is C18H27IN6O. The van der Waals surface area contributed by atoms with Gasteiger partial charge < -0.3 is 19.5 Å². The minimum absolute atomic E-state index is 0. The molecule has 8 heteroatoms. The van der Waals surface area contributed by atoms with Crippen molar-refractivity contribution in [2.24, 2.45) is 4.99 Å². The highest BCUT2D eigenvalue weighted by Crippen LogP contribution is 2.14. The topological polar surface area (TPSA) is 67.6 Å². The summed E-state index contributed by atoms with van der Waals surface area (Å²) in [6.45, 7) is 2.98. The average molecular weight is 470 g/mol. The normalized spacial score (nSPS) is 13.5. The van der Waals surface area contributed by atoms with Gasteiger partial charge in [-0.05, 0) is 25.0 Å². The third-order valence-corrected chi connectivity index (χ3v) is 4.35. The van der Waals surface area contributed by atoms with Gasteiger partial charge in [-0.2, -0.15) is 0 Å². The number of aromatic nitrogens is 3. The molecule has 0 fully saturated rings. The van der Waals surface area contributed by atoms with Gasteiger partial charge in [-0.25, -0.2) is 0 Å². The number of benzene rings is 1. The summed E-state index contributed by atoms with van der Waals surface area (Å²) in [6, 6.07) is 9.84. The Kier molecular flexibility index (Phi) is 8.14. The lowest BCUT2D eigenvalue weighted by Crippen LogP contribution is -2.41. The van der Waals surface area contributed by atoms with E-state index in [4.69, 9.17) is 4.74 Å². The first-order valence-electron chi connectivity index (χ1n) is 8.78. The first-order chi connectivity index (χ1) is 12.3. The Bertz CT molecular complexity index is 703. The van der Waals surface area contributed by atoms with E-state index in [9.17, 15) is 0 Å². The van der Waals surface area contributed by atoms with Crippen molar-refractivity contribution in [3.05, 3.63) is 42.0 Å². The smallest absolute Gasteiger partial charge is 0.193 e. The molecule has 0 saturated carbocycles. The van der Waals surface area contributed by atoms with Crippen LogP contribution in [0.1, 0.15) is 24.5 Å². The van der Waals surface area contributed by atoms with Crippen LogP contribution in [-0.4, -0.2) is 52.9 Å². The van der Waals surface area contributed by atoms with Crippen LogP contribution in [-0.2, 0) is 19.5 Å². The van der Waals surface area contributed by atoms with Gasteiger partial charge >= 0.3 is 0 Å². The molecule has 0 saturated heterocycles. The Morgan fingerprint density at radius 1 is 1.27 bits per heavy atom. The zero-order valence-electron chi connectivity index (χ0n) is 15.4. The Labute approximate surface area is 171 Å². The number of halogens is 1. The number of para-hydroxylation sites is 1. The molecule has 2 aromatic rings. The van der Waals surface area contributed by atoms with Gasteiger partial charge in [0.05, 0.1) is 13.1 Å². The second-order valence-corrected chi connectivity index (χ2v) is 6.13. The molecule has 0 unspecified atom stereocenters. The molecule has 0 amide bonds. The summed E-state index contributed by atoms with van der Waals surface area (Å²) in [7, 11) is 3.79. The van der Waals surface area contributed by atoms with E-state index in [2.05, 4.69) is 30.0 Å². The van der Waals surface area contributed by atoms with Crippen molar-refractivity contribution in [3.63, 3.8) is 0 Å². The third-order valence-electron chi connectivity index (χ3n) is 4.35. The summed E-state index contributed by atoms with van der Waals surface area (Å²) in [4.78, 5) is 6.40. The van der Waals surface area contributed by atoms with E-state index in [1.165, 1.54) is 12.8 Å². The molecule has 0 radical (unpaired) electrons. The van der Waals surface area contributed by atoms with E-state index in [0.29, 0.717) is 13.2 Å². The molecule has 0 aliphatic carbocycles. The minimum Gasteiger partial charge on any atom is -0.492 e. The fraction of sp³-hybridized carbons (Fsp3) is 0.500. The number of guanidine groups is 1. The van der Waals surface area contributed by atoms with Crippen molar-refractivity contribution >= 4 is 29.9 Å². The molecule has 1 aromatic heterocycles. The van der Waals surface area contributed by atoms with E-state index < -0.39 is 0 Å². The lowest BCUT2D eigenvalue weighted by atomic mass is 10.2. The standard InChI is InChI=1S/C18H26N6O.HI/c1-19-18(23(2)12-13-25-15-8-4-3-5-9-15)20-14-17-22-21-16-10-6-7-11-24(16)17;/h3-5,8-9H,6-7,10-14H2,1-2H3,(H,19,20);1H. The number of nitrogens with zero attached hydrogens (tertiary/aromatic N) is 5. The number of aryl methyl sites for hydroxylation is 1. The first kappa shape index (κ1) is 20.5. The predicted molar refractivity (Wildman–Crippen MR) is 113 cm³/mol. The van der Waals surface area contributed by atoms with Crippen molar-refractivity contribution in [1.29, 1.82) is 0 Å². The maximum absolute atomic E-state index is 5.75. The second-order valence-electron chi connectivity index (χ2n) is 6.13. The summed E-state index contributed by atoms with van der Waals surface area (Å²) in [5.74, 6) is 3.78. The summed E-state index contributed by atoms with van der Waals surface area (Å²) >= 11 is 0. The molecule has 3 rings (SSSR count). The SMILES string of the molecule is CN=C(NCc1nnc2n1CCCC2)N(C)CCOc1ccccc1.I. The monoisotopic (exact) mass is 470 g/mol. The van der Waals surface area contributed by atoms with Crippen molar-refractivity contribution < 1.29 is 4.74 Å². The number of ether oxygens (including phenoxy) is 1. The van der Waals surface area contributed by atoms with Crippen molar-refractivity contribution in [1.82, 2.24) is 25.0 Å². The number of nitrogens with one attached hydrogen (secondary N) is 1. The highest BCUT2D eigenvalue weighted by Gasteiger charge is 2.16. The fourth-order valence-corrected chi connectivity index (χ4v) is 2.97. The first-order valence-corrected chi connectivity index (χ1v) is 8.78. The number of aliphatic imine (C=N–C) groups is 1. The van der Waals surface area contributed by atoms with Crippen molar-refractivity contribution in [3.8, 4) is 5.75 Å². The van der Waals surface area contributed by atoms with E-state index in [1.54, 1.807) is 7.05 Å². The van der Waals surface area contributed by atoms with Gasteiger partial charge in [0, 0.05) is 27.1 Å². The molecular weight excluding hydrogens is 443 g/mol. The Hall–Kier alpha value is -1.84. The number of fused-ring (bicyclic) bond motifs is 1. The van der Waals surface area contributed by atoms with Gasteiger partial charge in [-0.15, -0.1) is 34.2 Å². The molecule has 0 bridgehead atoms. The molecule has 1 aliphatic rings. The van der Waals surface area contributed by atoms with Crippen LogP contribution < -0.4 is 10.1 Å². The van der Waals surface area contributed by atoms with Crippen molar-refractivity contribution in [2.75, 3.05) is 27.2 Å². The van der Waals surface area contributed by atoms with Crippen LogP contribution in [0.25, 0.3) is 0 Å².